The van der Waals surface area contributed by atoms with Gasteiger partial charge in [-0.2, -0.15) is 13.2 Å². The zero-order valence-electron chi connectivity index (χ0n) is 24.3. The Balaban J connectivity index is 1.22. The SMILES string of the molecule is COCC1CCC(O)(CC[C@H](C)[C@@H]2CC[C@H]3[C@@H]4CC[C@H]5C[C@](O)(C(F)(F)F)CC[C@]5(C)[C@H]4CC[C@@]32C)CC1. The van der Waals surface area contributed by atoms with E-state index in [0.29, 0.717) is 47.3 Å². The van der Waals surface area contributed by atoms with Crippen LogP contribution in [0.1, 0.15) is 117 Å². The summed E-state index contributed by atoms with van der Waals surface area (Å²) in [5, 5.41) is 21.8. The molecule has 220 valence electrons. The van der Waals surface area contributed by atoms with E-state index in [-0.39, 0.29) is 24.2 Å². The van der Waals surface area contributed by atoms with Gasteiger partial charge in [-0.15, -0.1) is 0 Å². The topological polar surface area (TPSA) is 49.7 Å². The molecule has 38 heavy (non-hydrogen) atoms. The molecule has 3 nitrogen and oxygen atoms in total. The highest BCUT2D eigenvalue weighted by atomic mass is 19.4. The lowest BCUT2D eigenvalue weighted by Crippen LogP contribution is -2.59. The molecule has 0 bridgehead atoms. The summed E-state index contributed by atoms with van der Waals surface area (Å²) in [6.07, 6.45) is 8.32. The van der Waals surface area contributed by atoms with Crippen LogP contribution in [0.15, 0.2) is 0 Å². The van der Waals surface area contributed by atoms with Crippen molar-refractivity contribution in [2.24, 2.45) is 52.3 Å². The average Bonchev–Trinajstić information content (AvgIpc) is 3.21. The van der Waals surface area contributed by atoms with E-state index in [1.165, 1.54) is 19.3 Å². The second-order valence-electron chi connectivity index (χ2n) is 15.3. The fourth-order valence-electron chi connectivity index (χ4n) is 11.0. The lowest BCUT2D eigenvalue weighted by atomic mass is 9.43. The minimum atomic E-state index is -4.53. The van der Waals surface area contributed by atoms with Gasteiger partial charge in [-0.05, 0) is 149 Å². The van der Waals surface area contributed by atoms with Crippen LogP contribution in [0.5, 0.6) is 0 Å². The van der Waals surface area contributed by atoms with Gasteiger partial charge in [0.25, 0.3) is 0 Å². The van der Waals surface area contributed by atoms with Gasteiger partial charge in [0.2, 0.25) is 0 Å². The molecule has 0 amide bonds. The number of rotatable bonds is 6. The Morgan fingerprint density at radius 1 is 0.842 bits per heavy atom. The number of halogens is 3. The molecule has 0 unspecified atom stereocenters. The Morgan fingerprint density at radius 3 is 2.18 bits per heavy atom. The average molecular weight is 543 g/mol. The fraction of sp³-hybridized carbons (Fsp3) is 1.00. The molecule has 5 rings (SSSR count). The van der Waals surface area contributed by atoms with Crippen molar-refractivity contribution in [2.75, 3.05) is 13.7 Å². The van der Waals surface area contributed by atoms with E-state index in [0.717, 1.165) is 64.4 Å². The highest BCUT2D eigenvalue weighted by molar-refractivity contribution is 5.11. The molecule has 5 saturated carbocycles. The summed E-state index contributed by atoms with van der Waals surface area (Å²) < 4.78 is 46.3. The number of fused-ring (bicyclic) bond motifs is 5. The summed E-state index contributed by atoms with van der Waals surface area (Å²) >= 11 is 0. The lowest BCUT2D eigenvalue weighted by molar-refractivity contribution is -0.290. The number of aliphatic hydroxyl groups is 2. The summed E-state index contributed by atoms with van der Waals surface area (Å²) in [6.45, 7) is 8.02. The Morgan fingerprint density at radius 2 is 1.53 bits per heavy atom. The third-order valence-electron chi connectivity index (χ3n) is 13.5. The van der Waals surface area contributed by atoms with E-state index >= 15 is 0 Å². The summed E-state index contributed by atoms with van der Waals surface area (Å²) in [5.41, 5.74) is -2.77. The summed E-state index contributed by atoms with van der Waals surface area (Å²) in [5.74, 6) is 3.61. The zero-order chi connectivity index (χ0) is 27.6. The minimum absolute atomic E-state index is 0.0238. The molecular weight excluding hydrogens is 489 g/mol. The Bertz CT molecular complexity index is 838. The Labute approximate surface area is 228 Å². The molecule has 5 aliphatic rings. The first-order chi connectivity index (χ1) is 17.7. The molecule has 0 saturated heterocycles. The van der Waals surface area contributed by atoms with Gasteiger partial charge in [0, 0.05) is 13.7 Å². The largest absolute Gasteiger partial charge is 0.417 e. The van der Waals surface area contributed by atoms with E-state index in [9.17, 15) is 23.4 Å². The number of hydrogen-bond acceptors (Lipinski definition) is 3. The third kappa shape index (κ3) is 4.89. The van der Waals surface area contributed by atoms with Crippen molar-refractivity contribution in [2.45, 2.75) is 134 Å². The Kier molecular flexibility index (Phi) is 7.82. The molecule has 2 N–H and O–H groups in total. The van der Waals surface area contributed by atoms with Crippen molar-refractivity contribution < 1.29 is 28.1 Å². The zero-order valence-corrected chi connectivity index (χ0v) is 24.3. The fourth-order valence-corrected chi connectivity index (χ4v) is 11.0. The molecule has 0 aromatic heterocycles. The van der Waals surface area contributed by atoms with Crippen LogP contribution in [0.3, 0.4) is 0 Å². The van der Waals surface area contributed by atoms with Crippen LogP contribution in [0, 0.1) is 52.3 Å². The van der Waals surface area contributed by atoms with Gasteiger partial charge < -0.3 is 14.9 Å². The van der Waals surface area contributed by atoms with Crippen molar-refractivity contribution >= 4 is 0 Å². The number of hydrogen-bond donors (Lipinski definition) is 2. The summed E-state index contributed by atoms with van der Waals surface area (Å²) in [7, 11) is 1.76. The van der Waals surface area contributed by atoms with Crippen LogP contribution >= 0.6 is 0 Å². The van der Waals surface area contributed by atoms with Crippen molar-refractivity contribution in [1.82, 2.24) is 0 Å². The number of alkyl halides is 3. The first-order valence-corrected chi connectivity index (χ1v) is 15.8. The van der Waals surface area contributed by atoms with E-state index in [1.54, 1.807) is 7.11 Å². The quantitative estimate of drug-likeness (QED) is 0.358. The minimum Gasteiger partial charge on any atom is -0.390 e. The molecular formula is C32H53F3O3. The van der Waals surface area contributed by atoms with Crippen LogP contribution in [-0.2, 0) is 4.74 Å². The van der Waals surface area contributed by atoms with Crippen molar-refractivity contribution in [3.63, 3.8) is 0 Å². The molecule has 9 atom stereocenters. The lowest BCUT2D eigenvalue weighted by Gasteiger charge is -2.62. The molecule has 0 aromatic rings. The normalized spacial score (nSPS) is 50.1. The maximum atomic E-state index is 13.7. The number of ether oxygens (including phenoxy) is 1. The van der Waals surface area contributed by atoms with E-state index < -0.39 is 17.4 Å². The van der Waals surface area contributed by atoms with E-state index in [4.69, 9.17) is 4.74 Å². The predicted octanol–water partition coefficient (Wildman–Crippen LogP) is 7.92. The van der Waals surface area contributed by atoms with Crippen molar-refractivity contribution in [1.29, 1.82) is 0 Å². The second kappa shape index (κ2) is 10.2. The molecule has 0 aliphatic heterocycles. The van der Waals surface area contributed by atoms with Crippen LogP contribution in [0.2, 0.25) is 0 Å². The van der Waals surface area contributed by atoms with E-state index in [2.05, 4.69) is 20.8 Å². The first-order valence-electron chi connectivity index (χ1n) is 15.8. The molecule has 0 heterocycles. The van der Waals surface area contributed by atoms with E-state index in [1.807, 2.05) is 0 Å². The van der Waals surface area contributed by atoms with Crippen LogP contribution in [-0.4, -0.2) is 41.3 Å². The second-order valence-corrected chi connectivity index (χ2v) is 15.3. The third-order valence-corrected chi connectivity index (χ3v) is 13.5. The first kappa shape index (κ1) is 29.2. The van der Waals surface area contributed by atoms with Gasteiger partial charge in [0.15, 0.2) is 5.60 Å². The molecule has 6 heteroatoms. The smallest absolute Gasteiger partial charge is 0.390 e. The highest BCUT2D eigenvalue weighted by Crippen LogP contribution is 2.69. The van der Waals surface area contributed by atoms with Crippen molar-refractivity contribution in [3.8, 4) is 0 Å². The van der Waals surface area contributed by atoms with Gasteiger partial charge in [-0.25, -0.2) is 0 Å². The molecule has 0 aromatic carbocycles. The highest BCUT2D eigenvalue weighted by Gasteiger charge is 2.65. The maximum absolute atomic E-state index is 13.7. The maximum Gasteiger partial charge on any atom is 0.417 e. The Hall–Kier alpha value is -0.330. The van der Waals surface area contributed by atoms with Crippen molar-refractivity contribution in [3.05, 3.63) is 0 Å². The van der Waals surface area contributed by atoms with Gasteiger partial charge in [-0.3, -0.25) is 0 Å². The van der Waals surface area contributed by atoms with Crippen LogP contribution in [0.4, 0.5) is 13.2 Å². The van der Waals surface area contributed by atoms with Gasteiger partial charge in [-0.1, -0.05) is 20.8 Å². The van der Waals surface area contributed by atoms with Gasteiger partial charge >= 0.3 is 6.18 Å². The van der Waals surface area contributed by atoms with Crippen LogP contribution < -0.4 is 0 Å². The molecule has 5 aliphatic carbocycles. The summed E-state index contributed by atoms with van der Waals surface area (Å²) in [6, 6.07) is 0. The monoisotopic (exact) mass is 542 g/mol. The molecule has 5 fully saturated rings. The van der Waals surface area contributed by atoms with Crippen LogP contribution in [0.25, 0.3) is 0 Å². The predicted molar refractivity (Wildman–Crippen MR) is 143 cm³/mol. The van der Waals surface area contributed by atoms with Gasteiger partial charge in [0.05, 0.1) is 5.60 Å². The number of methoxy groups -OCH3 is 1. The summed E-state index contributed by atoms with van der Waals surface area (Å²) in [4.78, 5) is 0. The molecule has 0 radical (unpaired) electrons. The van der Waals surface area contributed by atoms with Gasteiger partial charge in [0.1, 0.15) is 0 Å². The molecule has 0 spiro atoms. The standard InChI is InChI=1S/C32H53F3O3/c1-21(9-14-30(36)15-10-22(11-16-30)20-38-4)25-7-8-26-24-6-5-23-19-31(37,32(33,34)35)18-17-28(23,2)27(24)12-13-29(25,26)3/h21-27,36-37H,5-20H2,1-4H3/t21-,22?,23-,24-,25-,26-,27-,28-,29+,30?,31-/m0/s1.